The Morgan fingerprint density at radius 3 is 1.58 bits per heavy atom. The monoisotopic (exact) mass is 715 g/mol. The number of esters is 2. The second-order valence-electron chi connectivity index (χ2n) is 14.1. The SMILES string of the molecule is CCCCCC/C=C/CCCCCCCCCCCC(=O)O[C@H](COC(=O)CCCCCCCCCC)CO[C@@H]1O[C@H](CO)[C@H](O)C(O)C1O. The van der Waals surface area contributed by atoms with Crippen molar-refractivity contribution in [3.05, 3.63) is 12.2 Å². The van der Waals surface area contributed by atoms with Crippen LogP contribution in [0.3, 0.4) is 0 Å². The quantitative estimate of drug-likeness (QED) is 0.0304. The molecule has 0 aliphatic carbocycles. The lowest BCUT2D eigenvalue weighted by Crippen LogP contribution is -2.59. The second kappa shape index (κ2) is 32.1. The fourth-order valence-corrected chi connectivity index (χ4v) is 6.12. The number of carbonyl (C=O) groups excluding carboxylic acids is 2. The lowest BCUT2D eigenvalue weighted by Gasteiger charge is -2.39. The number of carbonyl (C=O) groups is 2. The first-order valence-corrected chi connectivity index (χ1v) is 20.3. The van der Waals surface area contributed by atoms with E-state index in [9.17, 15) is 30.0 Å². The van der Waals surface area contributed by atoms with Crippen molar-refractivity contribution in [3.8, 4) is 0 Å². The molecular formula is C40H74O10. The average Bonchev–Trinajstić information content (AvgIpc) is 3.11. The first-order valence-electron chi connectivity index (χ1n) is 20.3. The zero-order valence-electron chi connectivity index (χ0n) is 31.7. The van der Waals surface area contributed by atoms with Gasteiger partial charge in [0.15, 0.2) is 12.4 Å². The predicted molar refractivity (Wildman–Crippen MR) is 196 cm³/mol. The number of aliphatic hydroxyl groups is 4. The third kappa shape index (κ3) is 23.8. The molecule has 1 aliphatic rings. The molecule has 6 atom stereocenters. The van der Waals surface area contributed by atoms with Gasteiger partial charge >= 0.3 is 11.9 Å². The highest BCUT2D eigenvalue weighted by Crippen LogP contribution is 2.22. The summed E-state index contributed by atoms with van der Waals surface area (Å²) >= 11 is 0. The molecule has 50 heavy (non-hydrogen) atoms. The van der Waals surface area contributed by atoms with Crippen LogP contribution in [0.1, 0.15) is 174 Å². The van der Waals surface area contributed by atoms with Gasteiger partial charge in [-0.25, -0.2) is 0 Å². The van der Waals surface area contributed by atoms with Crippen LogP contribution in [0, 0.1) is 0 Å². The third-order valence-corrected chi connectivity index (χ3v) is 9.40. The van der Waals surface area contributed by atoms with E-state index in [1.807, 2.05) is 0 Å². The highest BCUT2D eigenvalue weighted by molar-refractivity contribution is 5.70. The third-order valence-electron chi connectivity index (χ3n) is 9.40. The van der Waals surface area contributed by atoms with Gasteiger partial charge in [0, 0.05) is 12.8 Å². The average molecular weight is 715 g/mol. The van der Waals surface area contributed by atoms with E-state index in [1.54, 1.807) is 0 Å². The fourth-order valence-electron chi connectivity index (χ4n) is 6.12. The Kier molecular flexibility index (Phi) is 29.8. The topological polar surface area (TPSA) is 152 Å². The van der Waals surface area contributed by atoms with E-state index in [2.05, 4.69) is 26.0 Å². The van der Waals surface area contributed by atoms with Crippen molar-refractivity contribution < 1.29 is 49.0 Å². The van der Waals surface area contributed by atoms with E-state index in [-0.39, 0.29) is 32.0 Å². The highest BCUT2D eigenvalue weighted by atomic mass is 16.7. The largest absolute Gasteiger partial charge is 0.462 e. The van der Waals surface area contributed by atoms with E-state index in [4.69, 9.17) is 18.9 Å². The van der Waals surface area contributed by atoms with Gasteiger partial charge < -0.3 is 39.4 Å². The van der Waals surface area contributed by atoms with Gasteiger partial charge in [-0.3, -0.25) is 9.59 Å². The Hall–Kier alpha value is -1.56. The summed E-state index contributed by atoms with van der Waals surface area (Å²) in [5.41, 5.74) is 0. The summed E-state index contributed by atoms with van der Waals surface area (Å²) in [6, 6.07) is 0. The van der Waals surface area contributed by atoms with E-state index in [1.165, 1.54) is 103 Å². The molecule has 10 heteroatoms. The summed E-state index contributed by atoms with van der Waals surface area (Å²) in [5.74, 6) is -0.809. The Morgan fingerprint density at radius 1 is 0.600 bits per heavy atom. The minimum atomic E-state index is -1.59. The molecule has 10 nitrogen and oxygen atoms in total. The van der Waals surface area contributed by atoms with E-state index in [0.717, 1.165) is 38.5 Å². The summed E-state index contributed by atoms with van der Waals surface area (Å²) < 4.78 is 22.0. The number of ether oxygens (including phenoxy) is 4. The Balaban J connectivity index is 2.33. The minimum absolute atomic E-state index is 0.214. The molecule has 0 bridgehead atoms. The van der Waals surface area contributed by atoms with Crippen molar-refractivity contribution in [1.29, 1.82) is 0 Å². The molecule has 1 fully saturated rings. The first-order chi connectivity index (χ1) is 24.3. The molecule has 1 saturated heterocycles. The van der Waals surface area contributed by atoms with Crippen molar-refractivity contribution >= 4 is 11.9 Å². The molecule has 1 heterocycles. The van der Waals surface area contributed by atoms with Crippen molar-refractivity contribution in [3.63, 3.8) is 0 Å². The van der Waals surface area contributed by atoms with Crippen molar-refractivity contribution in [2.75, 3.05) is 19.8 Å². The lowest BCUT2D eigenvalue weighted by molar-refractivity contribution is -0.305. The molecule has 0 saturated carbocycles. The normalized spacial score (nSPS) is 21.4. The van der Waals surface area contributed by atoms with Gasteiger partial charge in [0.1, 0.15) is 31.0 Å². The van der Waals surface area contributed by atoms with Gasteiger partial charge in [-0.1, -0.05) is 135 Å². The lowest BCUT2D eigenvalue weighted by atomic mass is 9.99. The molecule has 2 unspecified atom stereocenters. The van der Waals surface area contributed by atoms with Crippen LogP contribution in [0.4, 0.5) is 0 Å². The van der Waals surface area contributed by atoms with E-state index in [0.29, 0.717) is 6.42 Å². The fraction of sp³-hybridized carbons (Fsp3) is 0.900. The summed E-state index contributed by atoms with van der Waals surface area (Å²) in [4.78, 5) is 25.1. The van der Waals surface area contributed by atoms with Crippen LogP contribution in [0.25, 0.3) is 0 Å². The van der Waals surface area contributed by atoms with Crippen LogP contribution in [0.15, 0.2) is 12.2 Å². The minimum Gasteiger partial charge on any atom is -0.462 e. The van der Waals surface area contributed by atoms with Crippen molar-refractivity contribution in [2.24, 2.45) is 0 Å². The zero-order chi connectivity index (χ0) is 36.7. The van der Waals surface area contributed by atoms with Gasteiger partial charge in [-0.05, 0) is 38.5 Å². The van der Waals surface area contributed by atoms with Crippen molar-refractivity contribution in [2.45, 2.75) is 211 Å². The standard InChI is InChI=1S/C40H74O10/c1-3-5-7-9-11-13-14-15-16-17-18-19-20-21-23-25-27-29-36(43)49-33(31-47-35(42)28-26-24-22-12-10-8-6-4-2)32-48-40-39(46)38(45)37(44)34(30-41)50-40/h13-14,33-34,37-41,44-46H,3-12,15-32H2,1-2H3/b14-13+/t33-,34-,37+,38?,39?,40-/m1/s1. The number of rotatable bonds is 33. The molecule has 1 rings (SSSR count). The summed E-state index contributed by atoms with van der Waals surface area (Å²) in [6.07, 6.45) is 23.8. The Labute approximate surface area is 303 Å². The maximum atomic E-state index is 12.7. The Bertz CT molecular complexity index is 835. The summed E-state index contributed by atoms with van der Waals surface area (Å²) in [5, 5.41) is 39.9. The highest BCUT2D eigenvalue weighted by Gasteiger charge is 2.44. The number of hydrogen-bond acceptors (Lipinski definition) is 10. The number of allylic oxidation sites excluding steroid dienone is 2. The van der Waals surface area contributed by atoms with Gasteiger partial charge in [-0.15, -0.1) is 0 Å². The molecule has 294 valence electrons. The van der Waals surface area contributed by atoms with Gasteiger partial charge in [0.25, 0.3) is 0 Å². The second-order valence-corrected chi connectivity index (χ2v) is 14.1. The van der Waals surface area contributed by atoms with Gasteiger partial charge in [0.05, 0.1) is 13.2 Å². The molecule has 4 N–H and O–H groups in total. The molecular weight excluding hydrogens is 640 g/mol. The zero-order valence-corrected chi connectivity index (χ0v) is 31.7. The molecule has 1 aliphatic heterocycles. The molecule has 0 radical (unpaired) electrons. The molecule has 0 spiro atoms. The number of hydrogen-bond donors (Lipinski definition) is 4. The van der Waals surface area contributed by atoms with Gasteiger partial charge in [0.2, 0.25) is 0 Å². The molecule has 0 amide bonds. The van der Waals surface area contributed by atoms with Crippen LogP contribution in [0.2, 0.25) is 0 Å². The Morgan fingerprint density at radius 2 is 1.06 bits per heavy atom. The van der Waals surface area contributed by atoms with Crippen LogP contribution in [0.5, 0.6) is 0 Å². The van der Waals surface area contributed by atoms with Crippen LogP contribution in [-0.2, 0) is 28.5 Å². The van der Waals surface area contributed by atoms with Crippen molar-refractivity contribution in [1.82, 2.24) is 0 Å². The maximum absolute atomic E-state index is 12.7. The summed E-state index contributed by atoms with van der Waals surface area (Å²) in [6.45, 7) is 3.37. The van der Waals surface area contributed by atoms with E-state index >= 15 is 0 Å². The molecule has 0 aromatic heterocycles. The smallest absolute Gasteiger partial charge is 0.306 e. The van der Waals surface area contributed by atoms with Gasteiger partial charge in [-0.2, -0.15) is 0 Å². The number of unbranched alkanes of at least 4 members (excludes halogenated alkanes) is 20. The predicted octanol–water partition coefficient (Wildman–Crippen LogP) is 7.61. The summed E-state index contributed by atoms with van der Waals surface area (Å²) in [7, 11) is 0. The van der Waals surface area contributed by atoms with Crippen LogP contribution < -0.4 is 0 Å². The molecule has 0 aromatic rings. The number of aliphatic hydroxyl groups excluding tert-OH is 4. The van der Waals surface area contributed by atoms with Crippen LogP contribution in [-0.4, -0.2) is 89.0 Å². The molecule has 0 aromatic carbocycles. The first kappa shape index (κ1) is 46.5. The van der Waals surface area contributed by atoms with Crippen LogP contribution >= 0.6 is 0 Å². The van der Waals surface area contributed by atoms with E-state index < -0.39 is 49.4 Å². The maximum Gasteiger partial charge on any atom is 0.306 e.